The van der Waals surface area contributed by atoms with Crippen LogP contribution in [0.5, 0.6) is 0 Å². The number of fused-ring (bicyclic) bond motifs is 2. The maximum absolute atomic E-state index is 10.9. The molecule has 8 heteroatoms. The third-order valence-electron chi connectivity index (χ3n) is 6.54. The van der Waals surface area contributed by atoms with Crippen LogP contribution in [0.4, 0.5) is 11.6 Å². The number of hydrogen-bond donors (Lipinski definition) is 4. The predicted molar refractivity (Wildman–Crippen MR) is 120 cm³/mol. The van der Waals surface area contributed by atoms with Gasteiger partial charge in [0.1, 0.15) is 29.7 Å². The van der Waals surface area contributed by atoms with Crippen LogP contribution in [0.3, 0.4) is 0 Å². The van der Waals surface area contributed by atoms with E-state index in [0.29, 0.717) is 23.7 Å². The number of aromatic nitrogens is 4. The molecule has 0 unspecified atom stereocenters. The molecule has 0 aliphatic heterocycles. The average Bonchev–Trinajstić information content (AvgIpc) is 3.23. The molecular weight excluding hydrogens is 392 g/mol. The molecule has 3 heterocycles. The van der Waals surface area contributed by atoms with Gasteiger partial charge in [0.15, 0.2) is 0 Å². The van der Waals surface area contributed by atoms with Crippen molar-refractivity contribution in [2.45, 2.75) is 44.4 Å². The Kier molecular flexibility index (Phi) is 4.75. The van der Waals surface area contributed by atoms with Crippen molar-refractivity contribution in [3.05, 3.63) is 54.0 Å². The summed E-state index contributed by atoms with van der Waals surface area (Å²) in [4.78, 5) is 12.8. The number of aliphatic hydroxyl groups excluding tert-OH is 2. The highest BCUT2D eigenvalue weighted by Gasteiger charge is 2.43. The van der Waals surface area contributed by atoms with Crippen molar-refractivity contribution in [2.24, 2.45) is 5.92 Å². The minimum Gasteiger partial charge on any atom is -0.390 e. The van der Waals surface area contributed by atoms with Crippen LogP contribution in [-0.2, 0) is 6.42 Å². The third-order valence-corrected chi connectivity index (χ3v) is 6.54. The highest BCUT2D eigenvalue weighted by atomic mass is 16.3. The summed E-state index contributed by atoms with van der Waals surface area (Å²) in [5.74, 6) is 0.912. The van der Waals surface area contributed by atoms with Gasteiger partial charge in [-0.2, -0.15) is 0 Å². The van der Waals surface area contributed by atoms with Crippen molar-refractivity contribution in [2.75, 3.05) is 11.5 Å². The number of nitrogens with two attached hydrogens (primary N) is 2. The predicted octanol–water partition coefficient (Wildman–Crippen LogP) is 2.37. The SMILES string of the molecule is Cc1cc2c(N)ncnc2n1[C@@H]1C[C@H](CCc2ccc3nc(N)ccc3c2)[C@@H](O)[C@H]1O. The van der Waals surface area contributed by atoms with Crippen molar-refractivity contribution < 1.29 is 10.2 Å². The summed E-state index contributed by atoms with van der Waals surface area (Å²) in [5.41, 5.74) is 15.4. The highest BCUT2D eigenvalue weighted by Crippen LogP contribution is 2.40. The standard InChI is InChI=1S/C23H26N6O2/c1-12-8-16-22(25)26-11-27-23(16)29(12)18-10-15(20(30)21(18)31)4-2-13-3-6-17-14(9-13)5-7-19(24)28-17/h3,5-9,11,15,18,20-21,30-31H,2,4,10H2,1H3,(H2,24,28)(H2,25,26,27)/t15-,18+,20+,21-/m0/s1. The van der Waals surface area contributed by atoms with E-state index in [9.17, 15) is 10.2 Å². The van der Waals surface area contributed by atoms with Crippen LogP contribution in [0.25, 0.3) is 21.9 Å². The molecule has 0 saturated heterocycles. The highest BCUT2D eigenvalue weighted by molar-refractivity contribution is 5.87. The fraction of sp³-hybridized carbons (Fsp3) is 0.348. The second-order valence-corrected chi connectivity index (χ2v) is 8.50. The van der Waals surface area contributed by atoms with Gasteiger partial charge < -0.3 is 26.2 Å². The lowest BCUT2D eigenvalue weighted by atomic mass is 9.95. The molecule has 1 saturated carbocycles. The maximum atomic E-state index is 10.9. The van der Waals surface area contributed by atoms with E-state index in [1.165, 1.54) is 11.9 Å². The van der Waals surface area contributed by atoms with E-state index >= 15 is 0 Å². The first kappa shape index (κ1) is 19.7. The lowest BCUT2D eigenvalue weighted by Gasteiger charge is -2.20. The second kappa shape index (κ2) is 7.47. The van der Waals surface area contributed by atoms with E-state index in [2.05, 4.69) is 21.0 Å². The van der Waals surface area contributed by atoms with Crippen LogP contribution in [0.2, 0.25) is 0 Å². The van der Waals surface area contributed by atoms with E-state index in [1.54, 1.807) is 6.07 Å². The van der Waals surface area contributed by atoms with Gasteiger partial charge in [0.25, 0.3) is 0 Å². The molecule has 0 bridgehead atoms. The first-order valence-electron chi connectivity index (χ1n) is 10.5. The summed E-state index contributed by atoms with van der Waals surface area (Å²) in [5, 5.41) is 23.5. The molecular formula is C23H26N6O2. The number of anilines is 2. The van der Waals surface area contributed by atoms with Crippen molar-refractivity contribution in [3.8, 4) is 0 Å². The molecule has 160 valence electrons. The van der Waals surface area contributed by atoms with E-state index in [0.717, 1.165) is 34.8 Å². The van der Waals surface area contributed by atoms with Crippen molar-refractivity contribution in [3.63, 3.8) is 0 Å². The van der Waals surface area contributed by atoms with Crippen molar-refractivity contribution in [1.82, 2.24) is 19.5 Å². The molecule has 3 aromatic heterocycles. The minimum absolute atomic E-state index is 0.0173. The fourth-order valence-corrected chi connectivity index (χ4v) is 4.93. The van der Waals surface area contributed by atoms with Crippen molar-refractivity contribution >= 4 is 33.6 Å². The van der Waals surface area contributed by atoms with Crippen LogP contribution < -0.4 is 11.5 Å². The quantitative estimate of drug-likeness (QED) is 0.399. The Balaban J connectivity index is 1.36. The molecule has 4 atom stereocenters. The van der Waals surface area contributed by atoms with Gasteiger partial charge in [-0.1, -0.05) is 6.07 Å². The fourth-order valence-electron chi connectivity index (χ4n) is 4.93. The number of nitrogens with zero attached hydrogens (tertiary/aromatic N) is 4. The van der Waals surface area contributed by atoms with E-state index in [-0.39, 0.29) is 12.0 Å². The summed E-state index contributed by atoms with van der Waals surface area (Å²) in [7, 11) is 0. The lowest BCUT2D eigenvalue weighted by molar-refractivity contribution is 0.00524. The van der Waals surface area contributed by atoms with Crippen LogP contribution in [0.1, 0.15) is 30.1 Å². The molecule has 8 nitrogen and oxygen atoms in total. The molecule has 6 N–H and O–H groups in total. The van der Waals surface area contributed by atoms with Gasteiger partial charge in [0, 0.05) is 11.1 Å². The molecule has 5 rings (SSSR count). The zero-order valence-electron chi connectivity index (χ0n) is 17.3. The molecule has 31 heavy (non-hydrogen) atoms. The number of rotatable bonds is 4. The summed E-state index contributed by atoms with van der Waals surface area (Å²) in [6.07, 6.45) is 2.04. The molecule has 1 aliphatic rings. The van der Waals surface area contributed by atoms with Gasteiger partial charge in [-0.25, -0.2) is 15.0 Å². The molecule has 4 aromatic rings. The van der Waals surface area contributed by atoms with E-state index in [4.69, 9.17) is 11.5 Å². The zero-order valence-corrected chi connectivity index (χ0v) is 17.3. The van der Waals surface area contributed by atoms with Crippen molar-refractivity contribution in [1.29, 1.82) is 0 Å². The molecule has 0 radical (unpaired) electrons. The lowest BCUT2D eigenvalue weighted by Crippen LogP contribution is -2.30. The second-order valence-electron chi connectivity index (χ2n) is 8.50. The topological polar surface area (TPSA) is 136 Å². The number of nitrogen functional groups attached to an aromatic ring is 2. The van der Waals surface area contributed by atoms with Gasteiger partial charge in [-0.15, -0.1) is 0 Å². The smallest absolute Gasteiger partial charge is 0.146 e. The van der Waals surface area contributed by atoms with Crippen LogP contribution in [0.15, 0.2) is 42.7 Å². The van der Waals surface area contributed by atoms with E-state index < -0.39 is 12.2 Å². The molecule has 0 amide bonds. The normalized spacial score (nSPS) is 23.7. The summed E-state index contributed by atoms with van der Waals surface area (Å²) >= 11 is 0. The Morgan fingerprint density at radius 1 is 1.06 bits per heavy atom. The first-order chi connectivity index (χ1) is 14.9. The van der Waals surface area contributed by atoms with Gasteiger partial charge in [-0.05, 0) is 68.0 Å². The number of hydrogen-bond acceptors (Lipinski definition) is 7. The molecule has 0 spiro atoms. The van der Waals surface area contributed by atoms with Gasteiger partial charge in [0.05, 0.1) is 23.0 Å². The summed E-state index contributed by atoms with van der Waals surface area (Å²) in [6, 6.07) is 11.6. The third kappa shape index (κ3) is 3.37. The maximum Gasteiger partial charge on any atom is 0.146 e. The number of aryl methyl sites for hydroxylation is 2. The molecule has 1 aromatic carbocycles. The first-order valence-corrected chi connectivity index (χ1v) is 10.5. The average molecular weight is 419 g/mol. The van der Waals surface area contributed by atoms with E-state index in [1.807, 2.05) is 35.8 Å². The minimum atomic E-state index is -0.862. The Morgan fingerprint density at radius 3 is 2.74 bits per heavy atom. The Labute approximate surface area is 179 Å². The monoisotopic (exact) mass is 418 g/mol. The number of pyridine rings is 1. The summed E-state index contributed by atoms with van der Waals surface area (Å²) in [6.45, 7) is 1.96. The van der Waals surface area contributed by atoms with Crippen LogP contribution in [-0.4, -0.2) is 41.9 Å². The Bertz CT molecular complexity index is 1270. The zero-order chi connectivity index (χ0) is 21.7. The Morgan fingerprint density at radius 2 is 1.90 bits per heavy atom. The number of aliphatic hydroxyl groups is 2. The van der Waals surface area contributed by atoms with Crippen LogP contribution in [0, 0.1) is 12.8 Å². The largest absolute Gasteiger partial charge is 0.390 e. The number of benzene rings is 1. The van der Waals surface area contributed by atoms with Gasteiger partial charge in [0.2, 0.25) is 0 Å². The Hall–Kier alpha value is -3.23. The van der Waals surface area contributed by atoms with Gasteiger partial charge >= 0.3 is 0 Å². The van der Waals surface area contributed by atoms with Crippen LogP contribution >= 0.6 is 0 Å². The van der Waals surface area contributed by atoms with Gasteiger partial charge in [-0.3, -0.25) is 0 Å². The molecule has 1 aliphatic carbocycles. The summed E-state index contributed by atoms with van der Waals surface area (Å²) < 4.78 is 1.99. The molecule has 1 fully saturated rings.